The van der Waals surface area contributed by atoms with E-state index in [-0.39, 0.29) is 39.3 Å². The van der Waals surface area contributed by atoms with Crippen LogP contribution in [0.25, 0.3) is 0 Å². The van der Waals surface area contributed by atoms with E-state index in [1.54, 1.807) is 27.7 Å². The summed E-state index contributed by atoms with van der Waals surface area (Å²) in [5.41, 5.74) is 0. The van der Waals surface area contributed by atoms with Gasteiger partial charge in [0.05, 0.1) is 24.4 Å². The summed E-state index contributed by atoms with van der Waals surface area (Å²) >= 11 is 0. The fourth-order valence-electron chi connectivity index (χ4n) is 5.63. The van der Waals surface area contributed by atoms with Crippen LogP contribution >= 0.6 is 0 Å². The average molecular weight is 549 g/mol. The topological polar surface area (TPSA) is 170 Å². The van der Waals surface area contributed by atoms with Crippen molar-refractivity contribution in [3.05, 3.63) is 0 Å². The SMILES string of the molecule is C[C@H](O)C[C@@H]1C[C@H]2OCO[C@@](O)([C@@H](C)C(=O)O[C@H](C[C@H](C)O)C[C@H]3OCO[C@@](O)([C@@H](C)C(=O)O1)[C@H]3C)[C@H]2C. The van der Waals surface area contributed by atoms with Gasteiger partial charge in [0.15, 0.2) is 25.2 Å². The largest absolute Gasteiger partial charge is 0.462 e. The first-order valence-electron chi connectivity index (χ1n) is 13.4. The molecule has 3 saturated heterocycles. The summed E-state index contributed by atoms with van der Waals surface area (Å²) < 4.78 is 34.1. The van der Waals surface area contributed by atoms with Crippen LogP contribution in [0.5, 0.6) is 0 Å². The molecule has 0 amide bonds. The monoisotopic (exact) mass is 548 g/mol. The third kappa shape index (κ3) is 6.67. The Bertz CT molecular complexity index is 754. The van der Waals surface area contributed by atoms with E-state index in [1.165, 1.54) is 13.8 Å². The number of hydrogen-bond donors (Lipinski definition) is 4. The van der Waals surface area contributed by atoms with Crippen molar-refractivity contribution in [2.24, 2.45) is 23.7 Å². The van der Waals surface area contributed by atoms with E-state index < -0.39 is 83.8 Å². The Morgan fingerprint density at radius 3 is 1.39 bits per heavy atom. The lowest BCUT2D eigenvalue weighted by Crippen LogP contribution is -2.59. The third-order valence-corrected chi connectivity index (χ3v) is 8.28. The summed E-state index contributed by atoms with van der Waals surface area (Å²) in [7, 11) is 0. The smallest absolute Gasteiger partial charge is 0.314 e. The molecule has 12 nitrogen and oxygen atoms in total. The molecule has 0 saturated carbocycles. The average Bonchev–Trinajstić information content (AvgIpc) is 2.82. The summed E-state index contributed by atoms with van der Waals surface area (Å²) in [5, 5.41) is 43.1. The Labute approximate surface area is 223 Å². The van der Waals surface area contributed by atoms with Gasteiger partial charge in [0.1, 0.15) is 24.0 Å². The van der Waals surface area contributed by atoms with Crippen LogP contribution in [0.15, 0.2) is 0 Å². The number of rotatable bonds is 4. The second kappa shape index (κ2) is 12.4. The molecule has 220 valence electrons. The summed E-state index contributed by atoms with van der Waals surface area (Å²) in [6.07, 6.45) is -4.27. The van der Waals surface area contributed by atoms with Crippen molar-refractivity contribution in [1.29, 1.82) is 0 Å². The van der Waals surface area contributed by atoms with E-state index in [9.17, 15) is 30.0 Å². The van der Waals surface area contributed by atoms with Crippen molar-refractivity contribution in [1.82, 2.24) is 0 Å². The number of fused-ring (bicyclic) bond motifs is 4. The molecule has 3 fully saturated rings. The minimum atomic E-state index is -1.94. The molecule has 4 bridgehead atoms. The number of carbonyl (C=O) groups excluding carboxylic acids is 2. The van der Waals surface area contributed by atoms with Crippen LogP contribution in [-0.2, 0) is 38.0 Å². The molecule has 0 aromatic carbocycles. The molecule has 0 radical (unpaired) electrons. The lowest BCUT2D eigenvalue weighted by atomic mass is 9.81. The van der Waals surface area contributed by atoms with Crippen molar-refractivity contribution >= 4 is 11.9 Å². The van der Waals surface area contributed by atoms with E-state index in [2.05, 4.69) is 0 Å². The molecule has 3 rings (SSSR count). The fourth-order valence-corrected chi connectivity index (χ4v) is 5.63. The van der Waals surface area contributed by atoms with Crippen LogP contribution in [-0.4, -0.2) is 94.1 Å². The lowest BCUT2D eigenvalue weighted by Gasteiger charge is -2.47. The molecule has 12 heteroatoms. The molecule has 0 spiro atoms. The lowest BCUT2D eigenvalue weighted by molar-refractivity contribution is -0.357. The molecule has 0 unspecified atom stereocenters. The number of aliphatic hydroxyl groups is 4. The van der Waals surface area contributed by atoms with Crippen LogP contribution < -0.4 is 0 Å². The standard InChI is InChI=1S/C26H44O12/c1-13(27)7-19-9-21-15(3)25(31,35-11-33-21)18(6)24(30)38-20(8-14(2)28)10-22-16(4)26(32,36-12-34-22)17(5)23(29)37-19/h13-22,27-28,31-32H,7-12H2,1-6H3/t13-,14-,15-,16-,17-,18-,19+,20+,21+,22+,25+,26+/m0/s1. The summed E-state index contributed by atoms with van der Waals surface area (Å²) in [6, 6.07) is 0. The Morgan fingerprint density at radius 2 is 1.08 bits per heavy atom. The van der Waals surface area contributed by atoms with Gasteiger partial charge in [-0.15, -0.1) is 0 Å². The maximum atomic E-state index is 13.3. The van der Waals surface area contributed by atoms with E-state index in [4.69, 9.17) is 28.4 Å². The molecule has 0 aliphatic carbocycles. The highest BCUT2D eigenvalue weighted by Crippen LogP contribution is 2.41. The number of cyclic esters (lactones) is 2. The number of hydrogen-bond acceptors (Lipinski definition) is 12. The van der Waals surface area contributed by atoms with Gasteiger partial charge in [-0.25, -0.2) is 0 Å². The van der Waals surface area contributed by atoms with Gasteiger partial charge in [0.25, 0.3) is 0 Å². The predicted molar refractivity (Wildman–Crippen MR) is 130 cm³/mol. The zero-order valence-electron chi connectivity index (χ0n) is 23.1. The highest BCUT2D eigenvalue weighted by Gasteiger charge is 2.54. The maximum absolute atomic E-state index is 13.3. The van der Waals surface area contributed by atoms with E-state index in [0.717, 1.165) is 0 Å². The first kappa shape index (κ1) is 31.2. The second-order valence-electron chi connectivity index (χ2n) is 11.2. The molecule has 3 aliphatic heterocycles. The van der Waals surface area contributed by atoms with Crippen LogP contribution in [0.2, 0.25) is 0 Å². The Morgan fingerprint density at radius 1 is 0.737 bits per heavy atom. The van der Waals surface area contributed by atoms with Crippen molar-refractivity contribution in [3.8, 4) is 0 Å². The third-order valence-electron chi connectivity index (χ3n) is 8.28. The molecular formula is C26H44O12. The normalized spacial score (nSPS) is 45.0. The highest BCUT2D eigenvalue weighted by atomic mass is 16.7. The summed E-state index contributed by atoms with van der Waals surface area (Å²) in [4.78, 5) is 26.5. The number of carbonyl (C=O) groups is 2. The van der Waals surface area contributed by atoms with E-state index in [0.29, 0.717) is 0 Å². The van der Waals surface area contributed by atoms with Crippen LogP contribution in [0.4, 0.5) is 0 Å². The maximum Gasteiger partial charge on any atom is 0.314 e. The Kier molecular flexibility index (Phi) is 10.2. The molecule has 12 atom stereocenters. The van der Waals surface area contributed by atoms with Gasteiger partial charge in [-0.05, 0) is 27.7 Å². The number of aliphatic hydroxyl groups excluding tert-OH is 2. The number of ether oxygens (including phenoxy) is 6. The van der Waals surface area contributed by atoms with Gasteiger partial charge in [-0.2, -0.15) is 0 Å². The molecule has 3 aliphatic rings. The molecule has 4 N–H and O–H groups in total. The molecule has 0 aromatic rings. The Hall–Kier alpha value is -1.38. The van der Waals surface area contributed by atoms with Gasteiger partial charge >= 0.3 is 11.9 Å². The number of esters is 2. The molecule has 3 heterocycles. The van der Waals surface area contributed by atoms with Gasteiger partial charge < -0.3 is 48.8 Å². The first-order valence-corrected chi connectivity index (χ1v) is 13.4. The van der Waals surface area contributed by atoms with Crippen molar-refractivity contribution < 1.29 is 58.4 Å². The second-order valence-corrected chi connectivity index (χ2v) is 11.2. The molecule has 38 heavy (non-hydrogen) atoms. The Balaban J connectivity index is 2.00. The van der Waals surface area contributed by atoms with Crippen LogP contribution in [0.1, 0.15) is 67.2 Å². The molecule has 0 aromatic heterocycles. The van der Waals surface area contributed by atoms with Crippen molar-refractivity contribution in [3.63, 3.8) is 0 Å². The van der Waals surface area contributed by atoms with E-state index >= 15 is 0 Å². The predicted octanol–water partition coefficient (Wildman–Crippen LogP) is 0.813. The van der Waals surface area contributed by atoms with Gasteiger partial charge in [0.2, 0.25) is 0 Å². The quantitative estimate of drug-likeness (QED) is 0.365. The summed E-state index contributed by atoms with van der Waals surface area (Å²) in [5.74, 6) is -9.09. The summed E-state index contributed by atoms with van der Waals surface area (Å²) in [6.45, 7) is 8.79. The highest BCUT2D eigenvalue weighted by molar-refractivity contribution is 5.74. The van der Waals surface area contributed by atoms with Crippen molar-refractivity contribution in [2.75, 3.05) is 13.6 Å². The van der Waals surface area contributed by atoms with Crippen LogP contribution in [0.3, 0.4) is 0 Å². The van der Waals surface area contributed by atoms with Crippen LogP contribution in [0, 0.1) is 23.7 Å². The van der Waals surface area contributed by atoms with Gasteiger partial charge in [-0.1, -0.05) is 13.8 Å². The minimum absolute atomic E-state index is 0.0868. The van der Waals surface area contributed by atoms with Gasteiger partial charge in [-0.3, -0.25) is 9.59 Å². The fraction of sp³-hybridized carbons (Fsp3) is 0.923. The zero-order valence-corrected chi connectivity index (χ0v) is 23.1. The molecular weight excluding hydrogens is 504 g/mol. The van der Waals surface area contributed by atoms with Gasteiger partial charge in [0, 0.05) is 37.5 Å². The zero-order chi connectivity index (χ0) is 28.4. The van der Waals surface area contributed by atoms with Crippen molar-refractivity contribution in [2.45, 2.75) is 115 Å². The van der Waals surface area contributed by atoms with E-state index in [1.807, 2.05) is 0 Å². The first-order chi connectivity index (χ1) is 17.7. The minimum Gasteiger partial charge on any atom is -0.462 e.